The van der Waals surface area contributed by atoms with Gasteiger partial charge in [0.05, 0.1) is 6.10 Å². The van der Waals surface area contributed by atoms with Crippen molar-refractivity contribution < 1.29 is 9.90 Å². The molecule has 0 saturated heterocycles. The molecule has 1 N–H and O–H groups in total. The average molecular weight is 377 g/mol. The second-order valence-electron chi connectivity index (χ2n) is 7.70. The molecule has 1 fully saturated rings. The van der Waals surface area contributed by atoms with E-state index in [0.717, 1.165) is 22.5 Å². The van der Waals surface area contributed by atoms with Crippen LogP contribution in [0.1, 0.15) is 24.0 Å². The highest BCUT2D eigenvalue weighted by Gasteiger charge is 2.26. The van der Waals surface area contributed by atoms with E-state index in [1.807, 2.05) is 98.7 Å². The third-order valence-corrected chi connectivity index (χ3v) is 5.00. The molecule has 0 spiro atoms. The van der Waals surface area contributed by atoms with Gasteiger partial charge in [-0.3, -0.25) is 4.79 Å². The van der Waals surface area contributed by atoms with E-state index in [9.17, 15) is 9.90 Å². The molecule has 4 heteroatoms. The molecule has 1 aliphatic carbocycles. The number of hydrogen-bond donors (Lipinski definition) is 1. The Morgan fingerprint density at radius 2 is 1.11 bits per heavy atom. The molecule has 0 amide bonds. The molecule has 4 nitrogen and oxygen atoms in total. The van der Waals surface area contributed by atoms with Gasteiger partial charge in [-0.05, 0) is 47.5 Å². The maximum Gasteiger partial charge on any atom is 0.185 e. The van der Waals surface area contributed by atoms with E-state index in [-0.39, 0.29) is 5.78 Å². The van der Waals surface area contributed by atoms with Gasteiger partial charge in [0.2, 0.25) is 0 Å². The SMILES string of the molecule is CN(C)c1ccc(C=C2CC(O)CC(=Cc3ccc(N(C)C)cc3)C2=O)cc1. The highest BCUT2D eigenvalue weighted by molar-refractivity contribution is 6.14. The zero-order valence-electron chi connectivity index (χ0n) is 17.0. The molecular formula is C24H28N2O2. The molecular weight excluding hydrogens is 348 g/mol. The minimum absolute atomic E-state index is 0.0265. The molecule has 0 radical (unpaired) electrons. The van der Waals surface area contributed by atoms with Crippen LogP contribution in [0.2, 0.25) is 0 Å². The number of aliphatic hydroxyl groups is 1. The Hall–Kier alpha value is -2.85. The van der Waals surface area contributed by atoms with Crippen molar-refractivity contribution in [2.24, 2.45) is 0 Å². The summed E-state index contributed by atoms with van der Waals surface area (Å²) >= 11 is 0. The molecule has 2 aromatic carbocycles. The molecule has 0 aromatic heterocycles. The van der Waals surface area contributed by atoms with Crippen molar-refractivity contribution in [3.63, 3.8) is 0 Å². The minimum atomic E-state index is -0.530. The summed E-state index contributed by atoms with van der Waals surface area (Å²) in [6.07, 6.45) is 4.05. The van der Waals surface area contributed by atoms with Gasteiger partial charge in [-0.15, -0.1) is 0 Å². The number of rotatable bonds is 4. The Labute approximate surface area is 167 Å². The second-order valence-corrected chi connectivity index (χ2v) is 7.70. The van der Waals surface area contributed by atoms with E-state index in [1.54, 1.807) is 0 Å². The first-order chi connectivity index (χ1) is 13.3. The zero-order valence-corrected chi connectivity index (χ0v) is 17.0. The van der Waals surface area contributed by atoms with Gasteiger partial charge in [-0.25, -0.2) is 0 Å². The number of hydrogen-bond acceptors (Lipinski definition) is 4. The average Bonchev–Trinajstić information content (AvgIpc) is 2.66. The first kappa shape index (κ1) is 19.9. The van der Waals surface area contributed by atoms with Gasteiger partial charge in [0.15, 0.2) is 5.78 Å². The van der Waals surface area contributed by atoms with E-state index in [2.05, 4.69) is 0 Å². The summed E-state index contributed by atoms with van der Waals surface area (Å²) in [4.78, 5) is 17.0. The summed E-state index contributed by atoms with van der Waals surface area (Å²) in [5.74, 6) is 0.0265. The molecule has 0 heterocycles. The molecule has 0 bridgehead atoms. The van der Waals surface area contributed by atoms with Crippen LogP contribution in [0.25, 0.3) is 12.2 Å². The predicted octanol–water partition coefficient (Wildman–Crippen LogP) is 4.01. The standard InChI is InChI=1S/C24H28N2O2/c1-25(2)21-9-5-17(6-10-21)13-19-15-23(27)16-20(24(19)28)14-18-7-11-22(12-8-18)26(3)4/h5-14,23,27H,15-16H2,1-4H3. The van der Waals surface area contributed by atoms with Gasteiger partial charge >= 0.3 is 0 Å². The number of benzene rings is 2. The fourth-order valence-electron chi connectivity index (χ4n) is 3.36. The van der Waals surface area contributed by atoms with Crippen molar-refractivity contribution in [3.8, 4) is 0 Å². The van der Waals surface area contributed by atoms with Crippen molar-refractivity contribution in [1.82, 2.24) is 0 Å². The molecule has 0 unspecified atom stereocenters. The maximum absolute atomic E-state index is 13.0. The van der Waals surface area contributed by atoms with Gasteiger partial charge in [-0.1, -0.05) is 24.3 Å². The Morgan fingerprint density at radius 1 is 0.750 bits per heavy atom. The topological polar surface area (TPSA) is 43.8 Å². The Bertz CT molecular complexity index is 818. The third-order valence-electron chi connectivity index (χ3n) is 5.00. The van der Waals surface area contributed by atoms with Crippen molar-refractivity contribution in [1.29, 1.82) is 0 Å². The molecule has 0 aliphatic heterocycles. The van der Waals surface area contributed by atoms with Crippen molar-refractivity contribution in [2.45, 2.75) is 18.9 Å². The van der Waals surface area contributed by atoms with Crippen molar-refractivity contribution >= 4 is 29.3 Å². The lowest BCUT2D eigenvalue weighted by Gasteiger charge is -2.22. The molecule has 0 atom stereocenters. The summed E-state index contributed by atoms with van der Waals surface area (Å²) in [7, 11) is 7.99. The zero-order chi connectivity index (χ0) is 20.3. The molecule has 1 aliphatic rings. The largest absolute Gasteiger partial charge is 0.392 e. The van der Waals surface area contributed by atoms with Crippen molar-refractivity contribution in [3.05, 3.63) is 70.8 Å². The van der Waals surface area contributed by atoms with E-state index >= 15 is 0 Å². The fourth-order valence-corrected chi connectivity index (χ4v) is 3.36. The summed E-state index contributed by atoms with van der Waals surface area (Å²) in [6.45, 7) is 0. The molecule has 1 saturated carbocycles. The quantitative estimate of drug-likeness (QED) is 0.819. The fraction of sp³-hybridized carbons (Fsp3) is 0.292. The van der Waals surface area contributed by atoms with E-state index in [0.29, 0.717) is 24.0 Å². The Balaban J connectivity index is 1.85. The van der Waals surface area contributed by atoms with Crippen LogP contribution >= 0.6 is 0 Å². The van der Waals surface area contributed by atoms with E-state index in [4.69, 9.17) is 0 Å². The number of aliphatic hydroxyl groups excluding tert-OH is 1. The van der Waals surface area contributed by atoms with Gasteiger partial charge in [-0.2, -0.15) is 0 Å². The van der Waals surface area contributed by atoms with E-state index < -0.39 is 6.10 Å². The molecule has 2 aromatic rings. The van der Waals surface area contributed by atoms with Gasteiger partial charge in [0.1, 0.15) is 0 Å². The number of anilines is 2. The number of ketones is 1. The number of carbonyl (C=O) groups is 1. The van der Waals surface area contributed by atoms with Gasteiger partial charge in [0.25, 0.3) is 0 Å². The van der Waals surface area contributed by atoms with Crippen LogP contribution in [0.3, 0.4) is 0 Å². The van der Waals surface area contributed by atoms with E-state index in [1.165, 1.54) is 0 Å². The molecule has 28 heavy (non-hydrogen) atoms. The monoisotopic (exact) mass is 376 g/mol. The van der Waals surface area contributed by atoms with Crippen molar-refractivity contribution in [2.75, 3.05) is 38.0 Å². The first-order valence-corrected chi connectivity index (χ1v) is 9.52. The Morgan fingerprint density at radius 3 is 1.43 bits per heavy atom. The first-order valence-electron chi connectivity index (χ1n) is 9.52. The lowest BCUT2D eigenvalue weighted by molar-refractivity contribution is -0.113. The minimum Gasteiger partial charge on any atom is -0.392 e. The van der Waals surface area contributed by atoms with Crippen LogP contribution in [0.4, 0.5) is 11.4 Å². The normalized spacial score (nSPS) is 19.9. The smallest absolute Gasteiger partial charge is 0.185 e. The maximum atomic E-state index is 13.0. The second kappa shape index (κ2) is 8.44. The number of nitrogens with zero attached hydrogens (tertiary/aromatic N) is 2. The van der Waals surface area contributed by atoms with Crippen LogP contribution in [0, 0.1) is 0 Å². The lowest BCUT2D eigenvalue weighted by atomic mass is 9.85. The van der Waals surface area contributed by atoms with Crippen LogP contribution in [0.15, 0.2) is 59.7 Å². The van der Waals surface area contributed by atoms with Crippen LogP contribution in [0.5, 0.6) is 0 Å². The summed E-state index contributed by atoms with van der Waals surface area (Å²) in [5.41, 5.74) is 5.48. The molecule has 146 valence electrons. The van der Waals surface area contributed by atoms with Crippen LogP contribution < -0.4 is 9.80 Å². The summed E-state index contributed by atoms with van der Waals surface area (Å²) in [5, 5.41) is 10.3. The lowest BCUT2D eigenvalue weighted by Crippen LogP contribution is -2.23. The Kier molecular flexibility index (Phi) is 6.00. The number of carbonyl (C=O) groups excluding carboxylic acids is 1. The van der Waals surface area contributed by atoms with Gasteiger partial charge < -0.3 is 14.9 Å². The van der Waals surface area contributed by atoms with Crippen LogP contribution in [-0.2, 0) is 4.79 Å². The van der Waals surface area contributed by atoms with Gasteiger partial charge in [0, 0.05) is 63.6 Å². The predicted molar refractivity (Wildman–Crippen MR) is 118 cm³/mol. The molecule has 3 rings (SSSR count). The highest BCUT2D eigenvalue weighted by Crippen LogP contribution is 2.29. The highest BCUT2D eigenvalue weighted by atomic mass is 16.3. The summed E-state index contributed by atoms with van der Waals surface area (Å²) < 4.78 is 0. The number of Topliss-reactive ketones (excluding diaryl/α,β-unsaturated/α-hetero) is 1. The van der Waals surface area contributed by atoms with Crippen LogP contribution in [-0.4, -0.2) is 45.2 Å². The summed E-state index contributed by atoms with van der Waals surface area (Å²) in [6, 6.07) is 16.1. The third kappa shape index (κ3) is 4.70.